The van der Waals surface area contributed by atoms with Gasteiger partial charge >= 0.3 is 0 Å². The maximum atomic E-state index is 13.7. The Morgan fingerprint density at radius 1 is 0.977 bits per heavy atom. The molecule has 43 heavy (non-hydrogen) atoms. The van der Waals surface area contributed by atoms with Crippen molar-refractivity contribution in [3.8, 4) is 11.4 Å². The van der Waals surface area contributed by atoms with Crippen LogP contribution in [0.1, 0.15) is 23.9 Å². The Labute approximate surface area is 259 Å². The molecule has 0 spiro atoms. The first kappa shape index (κ1) is 31.6. The van der Waals surface area contributed by atoms with Crippen molar-refractivity contribution in [2.24, 2.45) is 5.10 Å². The summed E-state index contributed by atoms with van der Waals surface area (Å²) < 4.78 is 35.5. The number of halogens is 2. The van der Waals surface area contributed by atoms with E-state index in [2.05, 4.69) is 15.8 Å². The number of hydrazone groups is 1. The van der Waals surface area contributed by atoms with Gasteiger partial charge in [0.15, 0.2) is 0 Å². The molecule has 4 aromatic rings. The molecule has 2 amide bonds. The van der Waals surface area contributed by atoms with Crippen LogP contribution in [0.2, 0.25) is 10.0 Å². The monoisotopic (exact) mass is 641 g/mol. The number of sulfonamides is 1. The molecule has 10 nitrogen and oxygen atoms in total. The van der Waals surface area contributed by atoms with Gasteiger partial charge in [-0.05, 0) is 86.6 Å². The highest BCUT2D eigenvalue weighted by Crippen LogP contribution is 2.28. The van der Waals surface area contributed by atoms with Gasteiger partial charge in [-0.2, -0.15) is 5.10 Å². The van der Waals surface area contributed by atoms with E-state index in [4.69, 9.17) is 27.9 Å². The third kappa shape index (κ3) is 7.56. The molecule has 0 aliphatic rings. The summed E-state index contributed by atoms with van der Waals surface area (Å²) in [7, 11) is -2.70. The number of amides is 2. The fourth-order valence-corrected chi connectivity index (χ4v) is 6.36. The summed E-state index contributed by atoms with van der Waals surface area (Å²) in [6.07, 6.45) is 1.48. The molecule has 1 heterocycles. The molecule has 0 unspecified atom stereocenters. The molecule has 0 bridgehead atoms. The second-order valence-corrected chi connectivity index (χ2v) is 12.2. The van der Waals surface area contributed by atoms with E-state index in [0.29, 0.717) is 21.5 Å². The van der Waals surface area contributed by atoms with Crippen LogP contribution >= 0.6 is 23.2 Å². The van der Waals surface area contributed by atoms with Crippen molar-refractivity contribution < 1.29 is 22.7 Å². The molecule has 4 rings (SSSR count). The van der Waals surface area contributed by atoms with Crippen LogP contribution in [0.4, 0.5) is 11.4 Å². The lowest BCUT2D eigenvalue weighted by atomic mass is 10.2. The van der Waals surface area contributed by atoms with E-state index in [1.54, 1.807) is 30.3 Å². The van der Waals surface area contributed by atoms with Crippen LogP contribution in [0.15, 0.2) is 82.8 Å². The van der Waals surface area contributed by atoms with E-state index < -0.39 is 22.5 Å². The van der Waals surface area contributed by atoms with Crippen molar-refractivity contribution in [2.75, 3.05) is 23.3 Å². The van der Waals surface area contributed by atoms with Gasteiger partial charge in [0.2, 0.25) is 5.91 Å². The average molecular weight is 643 g/mol. The summed E-state index contributed by atoms with van der Waals surface area (Å²) >= 11 is 12.4. The van der Waals surface area contributed by atoms with Crippen LogP contribution in [0.5, 0.6) is 5.75 Å². The normalized spacial score (nSPS) is 11.4. The Balaban J connectivity index is 1.56. The number of anilines is 2. The molecule has 0 saturated carbocycles. The number of benzene rings is 3. The average Bonchev–Trinajstić information content (AvgIpc) is 3.23. The van der Waals surface area contributed by atoms with Gasteiger partial charge in [0.1, 0.15) is 12.3 Å². The summed E-state index contributed by atoms with van der Waals surface area (Å²) in [6.45, 7) is 4.60. The van der Waals surface area contributed by atoms with Gasteiger partial charge in [0.25, 0.3) is 15.9 Å². The largest absolute Gasteiger partial charge is 0.497 e. The summed E-state index contributed by atoms with van der Waals surface area (Å²) in [5.41, 5.74) is 6.34. The molecule has 0 aliphatic carbocycles. The number of methoxy groups -OCH3 is 1. The third-order valence-corrected chi connectivity index (χ3v) is 8.60. The second-order valence-electron chi connectivity index (χ2n) is 9.50. The van der Waals surface area contributed by atoms with Crippen LogP contribution in [-0.4, -0.2) is 44.7 Å². The third-order valence-electron chi connectivity index (χ3n) is 6.38. The zero-order valence-electron chi connectivity index (χ0n) is 23.8. The number of hydrogen-bond donors (Lipinski definition) is 2. The van der Waals surface area contributed by atoms with Crippen LogP contribution in [0.3, 0.4) is 0 Å². The van der Waals surface area contributed by atoms with Crippen molar-refractivity contribution in [3.63, 3.8) is 0 Å². The Morgan fingerprint density at radius 2 is 1.60 bits per heavy atom. The Morgan fingerprint density at radius 3 is 2.19 bits per heavy atom. The number of carbonyl (C=O) groups excluding carboxylic acids is 2. The van der Waals surface area contributed by atoms with Gasteiger partial charge in [-0.25, -0.2) is 13.8 Å². The summed E-state index contributed by atoms with van der Waals surface area (Å²) in [4.78, 5) is 24.3. The number of aryl methyl sites for hydroxylation is 1. The maximum absolute atomic E-state index is 13.7. The first-order chi connectivity index (χ1) is 20.4. The molecule has 0 radical (unpaired) electrons. The number of nitrogens with zero attached hydrogens (tertiary/aromatic N) is 3. The van der Waals surface area contributed by atoms with Crippen LogP contribution in [0, 0.1) is 13.8 Å². The second kappa shape index (κ2) is 13.3. The van der Waals surface area contributed by atoms with Crippen LogP contribution in [0.25, 0.3) is 5.69 Å². The minimum Gasteiger partial charge on any atom is -0.497 e. The lowest BCUT2D eigenvalue weighted by Crippen LogP contribution is -2.39. The van der Waals surface area contributed by atoms with Gasteiger partial charge < -0.3 is 14.6 Å². The van der Waals surface area contributed by atoms with E-state index >= 15 is 0 Å². The number of ether oxygens (including phenoxy) is 1. The predicted octanol–water partition coefficient (Wildman–Crippen LogP) is 5.71. The fraction of sp³-hybridized carbons (Fsp3) is 0.167. The standard InChI is InChI=1S/C30H29Cl2N5O5S/c1-19-13-22(20(2)37(19)27-15-23(31)14-24(32)16-27)17-33-35-30(39)18-36(26-7-9-28(42-4)10-8-26)43(40,41)29-11-5-25(6-12-29)34-21(3)38/h5-17H,18H2,1-4H3,(H,34,38)(H,35,39)/b33-17-. The molecule has 0 fully saturated rings. The zero-order valence-corrected chi connectivity index (χ0v) is 26.1. The predicted molar refractivity (Wildman–Crippen MR) is 169 cm³/mol. The van der Waals surface area contributed by atoms with Crippen molar-refractivity contribution in [1.29, 1.82) is 0 Å². The number of nitrogens with one attached hydrogen (secondary N) is 2. The Bertz CT molecular complexity index is 1770. The zero-order chi connectivity index (χ0) is 31.3. The first-order valence-corrected chi connectivity index (χ1v) is 15.1. The molecule has 224 valence electrons. The SMILES string of the molecule is COc1ccc(N(CC(=O)N/N=C\c2cc(C)n(-c3cc(Cl)cc(Cl)c3)c2C)S(=O)(=O)c2ccc(NC(C)=O)cc2)cc1. The van der Waals surface area contributed by atoms with Gasteiger partial charge in [-0.3, -0.25) is 13.9 Å². The topological polar surface area (TPSA) is 122 Å². The number of rotatable bonds is 10. The molecule has 2 N–H and O–H groups in total. The number of carbonyl (C=O) groups is 2. The molecular formula is C30H29Cl2N5O5S. The first-order valence-electron chi connectivity index (χ1n) is 12.9. The summed E-state index contributed by atoms with van der Waals surface area (Å²) in [6, 6.07) is 19.0. The minimum atomic E-state index is -4.20. The van der Waals surface area contributed by atoms with E-state index in [9.17, 15) is 18.0 Å². The quantitative estimate of drug-likeness (QED) is 0.170. The lowest BCUT2D eigenvalue weighted by Gasteiger charge is -2.24. The molecule has 3 aromatic carbocycles. The van der Waals surface area contributed by atoms with Crippen LogP contribution < -0.4 is 19.8 Å². The van der Waals surface area contributed by atoms with Crippen molar-refractivity contribution in [3.05, 3.63) is 99.8 Å². The lowest BCUT2D eigenvalue weighted by molar-refractivity contribution is -0.119. The summed E-state index contributed by atoms with van der Waals surface area (Å²) in [5.74, 6) is -0.433. The van der Waals surface area contributed by atoms with Crippen molar-refractivity contribution in [1.82, 2.24) is 9.99 Å². The highest BCUT2D eigenvalue weighted by atomic mass is 35.5. The molecule has 0 atom stereocenters. The minimum absolute atomic E-state index is 0.0673. The van der Waals surface area contributed by atoms with Crippen molar-refractivity contribution in [2.45, 2.75) is 25.7 Å². The summed E-state index contributed by atoms with van der Waals surface area (Å²) in [5, 5.41) is 7.67. The van der Waals surface area contributed by atoms with E-state index in [1.165, 1.54) is 56.6 Å². The van der Waals surface area contributed by atoms with E-state index in [0.717, 1.165) is 26.9 Å². The fourth-order valence-electron chi connectivity index (χ4n) is 4.43. The maximum Gasteiger partial charge on any atom is 0.264 e. The van der Waals surface area contributed by atoms with Gasteiger partial charge in [-0.15, -0.1) is 0 Å². The molecule has 13 heteroatoms. The Kier molecular flexibility index (Phi) is 9.80. The van der Waals surface area contributed by atoms with Crippen molar-refractivity contribution >= 4 is 62.6 Å². The highest BCUT2D eigenvalue weighted by Gasteiger charge is 2.27. The van der Waals surface area contributed by atoms with E-state index in [-0.39, 0.29) is 16.5 Å². The number of hydrogen-bond acceptors (Lipinski definition) is 6. The van der Waals surface area contributed by atoms with Gasteiger partial charge in [0.05, 0.1) is 23.9 Å². The smallest absolute Gasteiger partial charge is 0.264 e. The number of aromatic nitrogens is 1. The van der Waals surface area contributed by atoms with Gasteiger partial charge in [-0.1, -0.05) is 23.2 Å². The molecule has 1 aromatic heterocycles. The van der Waals surface area contributed by atoms with Gasteiger partial charge in [0, 0.05) is 45.3 Å². The highest BCUT2D eigenvalue weighted by molar-refractivity contribution is 7.92. The van der Waals surface area contributed by atoms with E-state index in [1.807, 2.05) is 24.5 Å². The Hall–Kier alpha value is -4.32. The molecule has 0 aliphatic heterocycles. The molecular weight excluding hydrogens is 613 g/mol. The molecule has 0 saturated heterocycles. The van der Waals surface area contributed by atoms with Crippen LogP contribution in [-0.2, 0) is 19.6 Å².